The van der Waals surface area contributed by atoms with Gasteiger partial charge in [0.15, 0.2) is 0 Å². The van der Waals surface area contributed by atoms with Crippen LogP contribution in [0.2, 0.25) is 0 Å². The van der Waals surface area contributed by atoms with E-state index in [4.69, 9.17) is 10.5 Å². The van der Waals surface area contributed by atoms with E-state index >= 15 is 0 Å². The van der Waals surface area contributed by atoms with Gasteiger partial charge in [0.25, 0.3) is 0 Å². The molecule has 0 aromatic rings. The predicted molar refractivity (Wildman–Crippen MR) is 56.4 cm³/mol. The van der Waals surface area contributed by atoms with Crippen molar-refractivity contribution in [1.29, 1.82) is 0 Å². The standard InChI is InChI=1S/C10H21N3O/c1-14-8-4-7-12-13-10-6-3-2-5-9(10)11/h9-10H,2-8,11H2,1H3/t9-,10+/m0/s1. The van der Waals surface area contributed by atoms with Crippen molar-refractivity contribution in [3.8, 4) is 0 Å². The Hall–Kier alpha value is -0.480. The highest BCUT2D eigenvalue weighted by atomic mass is 16.5. The highest BCUT2D eigenvalue weighted by Gasteiger charge is 2.20. The molecule has 4 nitrogen and oxygen atoms in total. The lowest BCUT2D eigenvalue weighted by Gasteiger charge is -2.23. The quantitative estimate of drug-likeness (QED) is 0.541. The molecule has 0 aliphatic heterocycles. The number of ether oxygens (including phenoxy) is 1. The minimum Gasteiger partial charge on any atom is -0.385 e. The highest BCUT2D eigenvalue weighted by Crippen LogP contribution is 2.19. The van der Waals surface area contributed by atoms with Gasteiger partial charge < -0.3 is 10.5 Å². The average Bonchev–Trinajstić information content (AvgIpc) is 2.20. The second kappa shape index (κ2) is 6.90. The molecule has 1 aliphatic rings. The van der Waals surface area contributed by atoms with Crippen LogP contribution in [0.1, 0.15) is 32.1 Å². The third-order valence-corrected chi connectivity index (χ3v) is 2.62. The van der Waals surface area contributed by atoms with Gasteiger partial charge in [-0.05, 0) is 19.3 Å². The first-order chi connectivity index (χ1) is 6.84. The van der Waals surface area contributed by atoms with Crippen molar-refractivity contribution in [2.75, 3.05) is 20.3 Å². The van der Waals surface area contributed by atoms with Crippen LogP contribution >= 0.6 is 0 Å². The van der Waals surface area contributed by atoms with Crippen molar-refractivity contribution >= 4 is 0 Å². The van der Waals surface area contributed by atoms with Crippen molar-refractivity contribution in [2.45, 2.75) is 44.2 Å². The van der Waals surface area contributed by atoms with Gasteiger partial charge in [-0.3, -0.25) is 0 Å². The first-order valence-electron chi connectivity index (χ1n) is 5.45. The maximum Gasteiger partial charge on any atom is 0.0858 e. The van der Waals surface area contributed by atoms with Crippen molar-refractivity contribution in [2.24, 2.45) is 16.0 Å². The van der Waals surface area contributed by atoms with Gasteiger partial charge in [-0.2, -0.15) is 10.2 Å². The zero-order chi connectivity index (χ0) is 10.2. The summed E-state index contributed by atoms with van der Waals surface area (Å²) >= 11 is 0. The topological polar surface area (TPSA) is 60.0 Å². The summed E-state index contributed by atoms with van der Waals surface area (Å²) in [5, 5.41) is 8.43. The lowest BCUT2D eigenvalue weighted by molar-refractivity contribution is 0.196. The van der Waals surface area contributed by atoms with E-state index < -0.39 is 0 Å². The maximum absolute atomic E-state index is 5.94. The van der Waals surface area contributed by atoms with E-state index in [0.29, 0.717) is 0 Å². The molecule has 1 rings (SSSR count). The smallest absolute Gasteiger partial charge is 0.0858 e. The van der Waals surface area contributed by atoms with Crippen LogP contribution in [0.4, 0.5) is 0 Å². The maximum atomic E-state index is 5.94. The average molecular weight is 199 g/mol. The Morgan fingerprint density at radius 3 is 2.86 bits per heavy atom. The van der Waals surface area contributed by atoms with Gasteiger partial charge >= 0.3 is 0 Å². The first kappa shape index (κ1) is 11.6. The van der Waals surface area contributed by atoms with Gasteiger partial charge in [-0.25, -0.2) is 0 Å². The summed E-state index contributed by atoms with van der Waals surface area (Å²) in [7, 11) is 1.70. The third kappa shape index (κ3) is 4.15. The Morgan fingerprint density at radius 2 is 2.14 bits per heavy atom. The van der Waals surface area contributed by atoms with Gasteiger partial charge in [-0.15, -0.1) is 0 Å². The Bertz CT molecular complexity index is 173. The molecule has 0 bridgehead atoms. The van der Waals surface area contributed by atoms with Crippen molar-refractivity contribution in [3.63, 3.8) is 0 Å². The first-order valence-corrected chi connectivity index (χ1v) is 5.45. The molecular formula is C10H21N3O. The Labute approximate surface area is 85.9 Å². The molecule has 82 valence electrons. The lowest BCUT2D eigenvalue weighted by atomic mass is 9.92. The van der Waals surface area contributed by atoms with E-state index in [0.717, 1.165) is 32.4 Å². The van der Waals surface area contributed by atoms with Crippen LogP contribution in [0, 0.1) is 0 Å². The van der Waals surface area contributed by atoms with Gasteiger partial charge in [0.05, 0.1) is 12.6 Å². The number of rotatable bonds is 5. The molecule has 4 heteroatoms. The third-order valence-electron chi connectivity index (χ3n) is 2.62. The van der Waals surface area contributed by atoms with Crippen LogP contribution < -0.4 is 5.73 Å². The fourth-order valence-corrected chi connectivity index (χ4v) is 1.73. The molecular weight excluding hydrogens is 178 g/mol. The summed E-state index contributed by atoms with van der Waals surface area (Å²) in [4.78, 5) is 0. The molecule has 0 amide bonds. The molecule has 2 N–H and O–H groups in total. The molecule has 0 spiro atoms. The predicted octanol–water partition coefficient (Wildman–Crippen LogP) is 1.75. The van der Waals surface area contributed by atoms with Crippen molar-refractivity contribution in [3.05, 3.63) is 0 Å². The monoisotopic (exact) mass is 199 g/mol. The summed E-state index contributed by atoms with van der Waals surface area (Å²) < 4.78 is 4.93. The largest absolute Gasteiger partial charge is 0.385 e. The van der Waals surface area contributed by atoms with Gasteiger partial charge in [0.1, 0.15) is 0 Å². The number of nitrogens with zero attached hydrogens (tertiary/aromatic N) is 2. The zero-order valence-corrected chi connectivity index (χ0v) is 8.98. The number of hydrogen-bond donors (Lipinski definition) is 1. The Morgan fingerprint density at radius 1 is 1.36 bits per heavy atom. The van der Waals surface area contributed by atoms with E-state index in [1.54, 1.807) is 7.11 Å². The second-order valence-corrected chi connectivity index (χ2v) is 3.84. The Kier molecular flexibility index (Phi) is 5.71. The number of hydrogen-bond acceptors (Lipinski definition) is 4. The second-order valence-electron chi connectivity index (χ2n) is 3.84. The molecule has 0 unspecified atom stereocenters. The molecule has 14 heavy (non-hydrogen) atoms. The van der Waals surface area contributed by atoms with E-state index in [1.165, 1.54) is 12.8 Å². The molecule has 2 atom stereocenters. The minimum atomic E-state index is 0.231. The van der Waals surface area contributed by atoms with Crippen LogP contribution in [0.5, 0.6) is 0 Å². The number of methoxy groups -OCH3 is 1. The summed E-state index contributed by atoms with van der Waals surface area (Å²) in [5.74, 6) is 0. The zero-order valence-electron chi connectivity index (χ0n) is 8.98. The van der Waals surface area contributed by atoms with E-state index in [-0.39, 0.29) is 12.1 Å². The molecule has 1 fully saturated rings. The molecule has 0 radical (unpaired) electrons. The molecule has 1 aliphatic carbocycles. The van der Waals surface area contributed by atoms with Crippen molar-refractivity contribution in [1.82, 2.24) is 0 Å². The molecule has 1 saturated carbocycles. The summed E-state index contributed by atoms with van der Waals surface area (Å²) in [5.41, 5.74) is 5.94. The molecule has 0 aromatic carbocycles. The lowest BCUT2D eigenvalue weighted by Crippen LogP contribution is -2.35. The van der Waals surface area contributed by atoms with Gasteiger partial charge in [0.2, 0.25) is 0 Å². The fourth-order valence-electron chi connectivity index (χ4n) is 1.73. The SMILES string of the molecule is COCCCN=N[C@@H]1CCCC[C@@H]1N. The number of nitrogens with two attached hydrogens (primary N) is 1. The molecule has 0 heterocycles. The van der Waals surface area contributed by atoms with Crippen LogP contribution in [0.3, 0.4) is 0 Å². The van der Waals surface area contributed by atoms with Crippen LogP contribution in [-0.4, -0.2) is 32.3 Å². The van der Waals surface area contributed by atoms with Gasteiger partial charge in [0, 0.05) is 19.8 Å². The summed E-state index contributed by atoms with van der Waals surface area (Å²) in [6, 6.07) is 0.501. The van der Waals surface area contributed by atoms with Gasteiger partial charge in [-0.1, -0.05) is 12.8 Å². The van der Waals surface area contributed by atoms with Crippen LogP contribution in [-0.2, 0) is 4.74 Å². The Balaban J connectivity index is 2.14. The van der Waals surface area contributed by atoms with E-state index in [1.807, 2.05) is 0 Å². The van der Waals surface area contributed by atoms with E-state index in [2.05, 4.69) is 10.2 Å². The summed E-state index contributed by atoms with van der Waals surface area (Å²) in [6.07, 6.45) is 5.64. The fraction of sp³-hybridized carbons (Fsp3) is 1.00. The normalized spacial score (nSPS) is 28.4. The number of azo groups is 1. The molecule has 0 saturated heterocycles. The summed E-state index contributed by atoms with van der Waals surface area (Å²) in [6.45, 7) is 1.52. The van der Waals surface area contributed by atoms with Crippen LogP contribution in [0.15, 0.2) is 10.2 Å². The minimum absolute atomic E-state index is 0.231. The van der Waals surface area contributed by atoms with Crippen LogP contribution in [0.25, 0.3) is 0 Å². The highest BCUT2D eigenvalue weighted by molar-refractivity contribution is 4.82. The molecule has 0 aromatic heterocycles. The van der Waals surface area contributed by atoms with Crippen molar-refractivity contribution < 1.29 is 4.74 Å². The van der Waals surface area contributed by atoms with E-state index in [9.17, 15) is 0 Å².